The molecule has 0 amide bonds. The van der Waals surface area contributed by atoms with Crippen LogP contribution >= 0.6 is 0 Å². The van der Waals surface area contributed by atoms with Crippen molar-refractivity contribution in [3.8, 4) is 0 Å². The van der Waals surface area contributed by atoms with Gasteiger partial charge in [-0.25, -0.2) is 4.79 Å². The summed E-state index contributed by atoms with van der Waals surface area (Å²) in [6.07, 6.45) is 2.10. The van der Waals surface area contributed by atoms with Crippen LogP contribution in [0.25, 0.3) is 0 Å². The first-order valence-corrected chi connectivity index (χ1v) is 4.74. The number of methoxy groups -OCH3 is 1. The molecule has 14 heavy (non-hydrogen) atoms. The van der Waals surface area contributed by atoms with E-state index >= 15 is 0 Å². The molecule has 0 radical (unpaired) electrons. The summed E-state index contributed by atoms with van der Waals surface area (Å²) >= 11 is 0. The average molecular weight is 197 g/mol. The van der Waals surface area contributed by atoms with Gasteiger partial charge < -0.3 is 9.84 Å². The molecule has 78 valence electrons. The molecule has 1 heterocycles. The maximum absolute atomic E-state index is 11.4. The Balaban J connectivity index is 2.98. The fourth-order valence-corrected chi connectivity index (χ4v) is 1.42. The predicted octanol–water partition coefficient (Wildman–Crippen LogP) is 1.62. The highest BCUT2D eigenvalue weighted by Crippen LogP contribution is 2.17. The van der Waals surface area contributed by atoms with Gasteiger partial charge in [0.15, 0.2) is 0 Å². The second-order valence-corrected chi connectivity index (χ2v) is 3.10. The Morgan fingerprint density at radius 2 is 2.36 bits per heavy atom. The number of allylic oxidation sites excluding steroid dienone is 1. The molecule has 0 saturated carbocycles. The van der Waals surface area contributed by atoms with E-state index in [0.29, 0.717) is 12.1 Å². The highest BCUT2D eigenvalue weighted by Gasteiger charge is 2.22. The third kappa shape index (κ3) is 2.13. The minimum atomic E-state index is -0.495. The highest BCUT2D eigenvalue weighted by atomic mass is 16.5. The zero-order chi connectivity index (χ0) is 10.6. The molecule has 0 aliphatic carbocycles. The Labute approximate surface area is 83.3 Å². The Morgan fingerprint density at radius 3 is 2.79 bits per heavy atom. The van der Waals surface area contributed by atoms with Crippen LogP contribution in [0.2, 0.25) is 0 Å². The van der Waals surface area contributed by atoms with Gasteiger partial charge in [-0.1, -0.05) is 6.92 Å². The van der Waals surface area contributed by atoms with Crippen LogP contribution in [0.15, 0.2) is 16.3 Å². The van der Waals surface area contributed by atoms with E-state index in [-0.39, 0.29) is 11.3 Å². The van der Waals surface area contributed by atoms with Crippen LogP contribution < -0.4 is 0 Å². The lowest BCUT2D eigenvalue weighted by molar-refractivity contribution is -0.135. The Bertz CT molecular complexity index is 292. The summed E-state index contributed by atoms with van der Waals surface area (Å²) in [5.41, 5.74) is 0.934. The summed E-state index contributed by atoms with van der Waals surface area (Å²) in [5, 5.41) is 9.58. The molecule has 0 saturated heterocycles. The monoisotopic (exact) mass is 197 g/mol. The van der Waals surface area contributed by atoms with Crippen molar-refractivity contribution in [3.63, 3.8) is 0 Å². The van der Waals surface area contributed by atoms with Crippen molar-refractivity contribution in [2.24, 2.45) is 4.99 Å². The summed E-state index contributed by atoms with van der Waals surface area (Å²) in [7, 11) is 1.31. The van der Waals surface area contributed by atoms with Gasteiger partial charge in [0.25, 0.3) is 0 Å². The van der Waals surface area contributed by atoms with Gasteiger partial charge in [0.1, 0.15) is 11.3 Å². The van der Waals surface area contributed by atoms with Gasteiger partial charge in [-0.2, -0.15) is 0 Å². The number of nitrogens with zero attached hydrogens (tertiary/aromatic N) is 1. The van der Waals surface area contributed by atoms with Crippen molar-refractivity contribution in [1.82, 2.24) is 0 Å². The number of aliphatic hydroxyl groups excluding tert-OH is 1. The second kappa shape index (κ2) is 4.79. The summed E-state index contributed by atoms with van der Waals surface area (Å²) in [6.45, 7) is 2.51. The number of rotatable bonds is 3. The molecule has 4 nitrogen and oxygen atoms in total. The lowest BCUT2D eigenvalue weighted by Crippen LogP contribution is -2.15. The van der Waals surface area contributed by atoms with Crippen molar-refractivity contribution < 1.29 is 14.6 Å². The van der Waals surface area contributed by atoms with Crippen LogP contribution in [0.4, 0.5) is 0 Å². The number of carbonyl (C=O) groups is 1. The summed E-state index contributed by atoms with van der Waals surface area (Å²) in [4.78, 5) is 15.6. The van der Waals surface area contributed by atoms with Gasteiger partial charge in [-0.3, -0.25) is 4.99 Å². The van der Waals surface area contributed by atoms with Crippen molar-refractivity contribution in [2.75, 3.05) is 13.7 Å². The van der Waals surface area contributed by atoms with Crippen LogP contribution in [0, 0.1) is 0 Å². The van der Waals surface area contributed by atoms with Crippen LogP contribution in [0.1, 0.15) is 26.2 Å². The SMILES string of the molecule is CC/C(O)=C(/C(=O)OC)C1=NCCC1. The third-order valence-electron chi connectivity index (χ3n) is 2.18. The van der Waals surface area contributed by atoms with Crippen molar-refractivity contribution in [3.05, 3.63) is 11.3 Å². The molecule has 4 heteroatoms. The van der Waals surface area contributed by atoms with Gasteiger partial charge in [-0.05, 0) is 12.8 Å². The molecule has 0 atom stereocenters. The summed E-state index contributed by atoms with van der Waals surface area (Å²) < 4.78 is 4.61. The van der Waals surface area contributed by atoms with E-state index in [1.54, 1.807) is 6.92 Å². The molecule has 0 unspecified atom stereocenters. The minimum absolute atomic E-state index is 0.0671. The smallest absolute Gasteiger partial charge is 0.343 e. The number of carbonyl (C=O) groups excluding carboxylic acids is 1. The fraction of sp³-hybridized carbons (Fsp3) is 0.600. The molecule has 1 rings (SSSR count). The van der Waals surface area contributed by atoms with E-state index < -0.39 is 5.97 Å². The number of ether oxygens (including phenoxy) is 1. The Kier molecular flexibility index (Phi) is 3.68. The zero-order valence-corrected chi connectivity index (χ0v) is 8.54. The van der Waals surface area contributed by atoms with Gasteiger partial charge in [-0.15, -0.1) is 0 Å². The molecular formula is C10H15NO3. The lowest BCUT2D eigenvalue weighted by atomic mass is 10.1. The van der Waals surface area contributed by atoms with Crippen LogP contribution in [0.3, 0.4) is 0 Å². The first kappa shape index (κ1) is 10.8. The van der Waals surface area contributed by atoms with Crippen molar-refractivity contribution in [2.45, 2.75) is 26.2 Å². The fourth-order valence-electron chi connectivity index (χ4n) is 1.42. The zero-order valence-electron chi connectivity index (χ0n) is 8.54. The van der Waals surface area contributed by atoms with Crippen molar-refractivity contribution >= 4 is 11.7 Å². The number of aliphatic imine (C=N–C) groups is 1. The molecule has 0 aromatic rings. The topological polar surface area (TPSA) is 58.9 Å². The lowest BCUT2D eigenvalue weighted by Gasteiger charge is -2.07. The standard InChI is InChI=1S/C10H15NO3/c1-3-8(12)9(10(13)14-2)7-5-4-6-11-7/h12H,3-6H2,1-2H3/b9-8-. The van der Waals surface area contributed by atoms with Gasteiger partial charge in [0, 0.05) is 13.0 Å². The van der Waals surface area contributed by atoms with Crippen LogP contribution in [-0.4, -0.2) is 30.4 Å². The van der Waals surface area contributed by atoms with E-state index in [4.69, 9.17) is 0 Å². The normalized spacial score (nSPS) is 17.4. The molecule has 0 aromatic carbocycles. The average Bonchev–Trinajstić information content (AvgIpc) is 2.70. The van der Waals surface area contributed by atoms with E-state index in [1.807, 2.05) is 0 Å². The maximum atomic E-state index is 11.4. The number of aliphatic hydroxyl groups is 1. The van der Waals surface area contributed by atoms with E-state index in [9.17, 15) is 9.90 Å². The molecule has 0 spiro atoms. The van der Waals surface area contributed by atoms with Crippen LogP contribution in [-0.2, 0) is 9.53 Å². The molecule has 1 N–H and O–H groups in total. The first-order valence-electron chi connectivity index (χ1n) is 4.74. The van der Waals surface area contributed by atoms with E-state index in [1.165, 1.54) is 7.11 Å². The molecular weight excluding hydrogens is 182 g/mol. The Hall–Kier alpha value is -1.32. The molecule has 1 aliphatic rings. The summed E-state index contributed by atoms with van der Waals surface area (Å²) in [5.74, 6) is -0.428. The molecule has 0 aromatic heterocycles. The largest absolute Gasteiger partial charge is 0.511 e. The second-order valence-electron chi connectivity index (χ2n) is 3.10. The molecule has 1 aliphatic heterocycles. The quantitative estimate of drug-likeness (QED) is 0.425. The Morgan fingerprint density at radius 1 is 1.64 bits per heavy atom. The highest BCUT2D eigenvalue weighted by molar-refractivity contribution is 6.20. The van der Waals surface area contributed by atoms with Gasteiger partial charge in [0.2, 0.25) is 0 Å². The van der Waals surface area contributed by atoms with E-state index in [2.05, 4.69) is 9.73 Å². The summed E-state index contributed by atoms with van der Waals surface area (Å²) in [6, 6.07) is 0. The third-order valence-corrected chi connectivity index (χ3v) is 2.18. The molecule has 0 bridgehead atoms. The number of esters is 1. The van der Waals surface area contributed by atoms with Gasteiger partial charge in [0.05, 0.1) is 12.8 Å². The number of hydrogen-bond acceptors (Lipinski definition) is 4. The first-order chi connectivity index (χ1) is 6.70. The predicted molar refractivity (Wildman–Crippen MR) is 53.5 cm³/mol. The molecule has 0 fully saturated rings. The number of hydrogen-bond donors (Lipinski definition) is 1. The van der Waals surface area contributed by atoms with Gasteiger partial charge >= 0.3 is 5.97 Å². The van der Waals surface area contributed by atoms with Crippen LogP contribution in [0.5, 0.6) is 0 Å². The van der Waals surface area contributed by atoms with Crippen molar-refractivity contribution in [1.29, 1.82) is 0 Å². The van der Waals surface area contributed by atoms with E-state index in [0.717, 1.165) is 19.4 Å². The minimum Gasteiger partial charge on any atom is -0.511 e. The maximum Gasteiger partial charge on any atom is 0.343 e.